The first-order valence-electron chi connectivity index (χ1n) is 8.78. The summed E-state index contributed by atoms with van der Waals surface area (Å²) < 4.78 is 19.7. The molecule has 2 aromatic heterocycles. The fraction of sp³-hybridized carbons (Fsp3) is 0.350. The van der Waals surface area contributed by atoms with E-state index in [1.54, 1.807) is 29.4 Å². The average molecular weight is 385 g/mol. The summed E-state index contributed by atoms with van der Waals surface area (Å²) in [5.41, 5.74) is 1.34. The van der Waals surface area contributed by atoms with Gasteiger partial charge < -0.3 is 9.64 Å². The molecule has 7 heteroatoms. The minimum atomic E-state index is -0.273. The van der Waals surface area contributed by atoms with Gasteiger partial charge >= 0.3 is 0 Å². The molecule has 27 heavy (non-hydrogen) atoms. The van der Waals surface area contributed by atoms with Gasteiger partial charge in [-0.3, -0.25) is 9.78 Å². The molecule has 1 amide bonds. The molecular formula is C20H20FN3O2S. The summed E-state index contributed by atoms with van der Waals surface area (Å²) in [6.45, 7) is 7.09. The van der Waals surface area contributed by atoms with E-state index in [4.69, 9.17) is 4.74 Å². The predicted octanol–water partition coefficient (Wildman–Crippen LogP) is 4.03. The molecule has 5 nitrogen and oxygen atoms in total. The Morgan fingerprint density at radius 1 is 1.22 bits per heavy atom. The zero-order chi connectivity index (χ0) is 19.2. The lowest BCUT2D eigenvalue weighted by atomic mass is 9.86. The molecule has 0 atom stereocenters. The zero-order valence-corrected chi connectivity index (χ0v) is 16.2. The molecule has 1 aliphatic heterocycles. The second-order valence-electron chi connectivity index (χ2n) is 7.70. The highest BCUT2D eigenvalue weighted by molar-refractivity contribution is 7.20. The van der Waals surface area contributed by atoms with Gasteiger partial charge in [-0.2, -0.15) is 0 Å². The number of ether oxygens (including phenoxy) is 1. The van der Waals surface area contributed by atoms with E-state index >= 15 is 0 Å². The van der Waals surface area contributed by atoms with Crippen LogP contribution in [-0.2, 0) is 5.41 Å². The third-order valence-corrected chi connectivity index (χ3v) is 5.58. The number of halogens is 1. The van der Waals surface area contributed by atoms with E-state index in [1.165, 1.54) is 23.5 Å². The molecule has 1 aromatic carbocycles. The summed E-state index contributed by atoms with van der Waals surface area (Å²) in [6, 6.07) is 6.38. The van der Waals surface area contributed by atoms with Crippen molar-refractivity contribution < 1.29 is 13.9 Å². The first kappa shape index (κ1) is 17.9. The molecule has 140 valence electrons. The molecule has 3 aromatic rings. The molecule has 0 N–H and O–H groups in total. The molecule has 0 spiro atoms. The van der Waals surface area contributed by atoms with E-state index in [1.807, 2.05) is 20.8 Å². The largest absolute Gasteiger partial charge is 0.486 e. The second-order valence-corrected chi connectivity index (χ2v) is 8.73. The highest BCUT2D eigenvalue weighted by atomic mass is 32.1. The van der Waals surface area contributed by atoms with Gasteiger partial charge in [-0.05, 0) is 29.7 Å². The molecule has 0 radical (unpaired) electrons. The van der Waals surface area contributed by atoms with E-state index in [0.717, 1.165) is 15.9 Å². The van der Waals surface area contributed by atoms with Crippen molar-refractivity contribution in [3.8, 4) is 5.75 Å². The Morgan fingerprint density at radius 3 is 2.67 bits per heavy atom. The van der Waals surface area contributed by atoms with Crippen molar-refractivity contribution in [3.63, 3.8) is 0 Å². The summed E-state index contributed by atoms with van der Waals surface area (Å²) in [5, 5.41) is 0. The Balaban J connectivity index is 1.43. The maximum absolute atomic E-state index is 13.6. The SMILES string of the molecule is CC(C)(C)c1cc(F)ccc1OC1CN(C(=O)c2cc3nccnc3s2)C1. The van der Waals surface area contributed by atoms with Gasteiger partial charge in [0.25, 0.3) is 5.91 Å². The van der Waals surface area contributed by atoms with Gasteiger partial charge in [0.05, 0.1) is 18.0 Å². The molecule has 1 saturated heterocycles. The average Bonchev–Trinajstić information content (AvgIpc) is 3.01. The van der Waals surface area contributed by atoms with E-state index in [2.05, 4.69) is 9.97 Å². The number of hydrogen-bond acceptors (Lipinski definition) is 5. The normalized spacial score (nSPS) is 15.0. The lowest BCUT2D eigenvalue weighted by molar-refractivity contribution is 0.0174. The number of rotatable bonds is 3. The number of amides is 1. The van der Waals surface area contributed by atoms with Crippen LogP contribution < -0.4 is 4.74 Å². The molecule has 3 heterocycles. The number of fused-ring (bicyclic) bond motifs is 1. The molecule has 0 bridgehead atoms. The number of benzene rings is 1. The quantitative estimate of drug-likeness (QED) is 0.683. The number of aromatic nitrogens is 2. The van der Waals surface area contributed by atoms with Gasteiger partial charge in [-0.15, -0.1) is 11.3 Å². The third-order valence-electron chi connectivity index (χ3n) is 4.55. The first-order valence-corrected chi connectivity index (χ1v) is 9.59. The fourth-order valence-corrected chi connectivity index (χ4v) is 4.01. The van der Waals surface area contributed by atoms with Crippen LogP contribution in [0.1, 0.15) is 36.0 Å². The molecular weight excluding hydrogens is 365 g/mol. The Bertz CT molecular complexity index is 973. The molecule has 1 fully saturated rings. The van der Waals surface area contributed by atoms with Crippen molar-refractivity contribution in [3.05, 3.63) is 52.9 Å². The predicted molar refractivity (Wildman–Crippen MR) is 103 cm³/mol. The zero-order valence-electron chi connectivity index (χ0n) is 15.4. The minimum Gasteiger partial charge on any atom is -0.486 e. The van der Waals surface area contributed by atoms with Crippen molar-refractivity contribution in [1.82, 2.24) is 14.9 Å². The summed E-state index contributed by atoms with van der Waals surface area (Å²) in [4.78, 5) is 24.2. The second kappa shape index (κ2) is 6.56. The molecule has 1 aliphatic rings. The van der Waals surface area contributed by atoms with Crippen LogP contribution in [0.4, 0.5) is 4.39 Å². The van der Waals surface area contributed by atoms with Gasteiger partial charge in [0, 0.05) is 18.0 Å². The maximum Gasteiger partial charge on any atom is 0.264 e. The first-order chi connectivity index (χ1) is 12.8. The standard InChI is InChI=1S/C20H20FN3O2S/c1-20(2,3)14-8-12(21)4-5-16(14)26-13-10-24(11-13)19(25)17-9-15-18(27-17)23-7-6-22-15/h4-9,13H,10-11H2,1-3H3. The number of carbonyl (C=O) groups is 1. The Kier molecular flexibility index (Phi) is 4.34. The summed E-state index contributed by atoms with van der Waals surface area (Å²) in [7, 11) is 0. The Labute approximate surface area is 160 Å². The smallest absolute Gasteiger partial charge is 0.264 e. The van der Waals surface area contributed by atoms with Crippen LogP contribution in [-0.4, -0.2) is 40.0 Å². The van der Waals surface area contributed by atoms with Crippen LogP contribution in [0.2, 0.25) is 0 Å². The van der Waals surface area contributed by atoms with Crippen molar-refractivity contribution in [2.45, 2.75) is 32.3 Å². The van der Waals surface area contributed by atoms with Crippen LogP contribution in [0.15, 0.2) is 36.7 Å². The van der Waals surface area contributed by atoms with Crippen LogP contribution in [0.25, 0.3) is 10.3 Å². The topological polar surface area (TPSA) is 55.3 Å². The Hall–Kier alpha value is -2.54. The number of hydrogen-bond donors (Lipinski definition) is 0. The van der Waals surface area contributed by atoms with Crippen LogP contribution in [0.3, 0.4) is 0 Å². The number of nitrogens with zero attached hydrogens (tertiary/aromatic N) is 3. The molecule has 4 rings (SSSR count). The third kappa shape index (κ3) is 3.51. The van der Waals surface area contributed by atoms with E-state index in [0.29, 0.717) is 23.7 Å². The van der Waals surface area contributed by atoms with Crippen molar-refractivity contribution >= 4 is 27.6 Å². The fourth-order valence-electron chi connectivity index (χ4n) is 3.08. The number of carbonyl (C=O) groups excluding carboxylic acids is 1. The highest BCUT2D eigenvalue weighted by Gasteiger charge is 2.34. The van der Waals surface area contributed by atoms with Crippen LogP contribution in [0.5, 0.6) is 5.75 Å². The lowest BCUT2D eigenvalue weighted by Crippen LogP contribution is -2.56. The monoisotopic (exact) mass is 385 g/mol. The lowest BCUT2D eigenvalue weighted by Gasteiger charge is -2.39. The van der Waals surface area contributed by atoms with Crippen molar-refractivity contribution in [2.24, 2.45) is 0 Å². The van der Waals surface area contributed by atoms with Crippen LogP contribution in [0, 0.1) is 5.82 Å². The van der Waals surface area contributed by atoms with Gasteiger partial charge in [-0.1, -0.05) is 20.8 Å². The van der Waals surface area contributed by atoms with Gasteiger partial charge in [-0.25, -0.2) is 9.37 Å². The van der Waals surface area contributed by atoms with Gasteiger partial charge in [0.1, 0.15) is 28.0 Å². The van der Waals surface area contributed by atoms with E-state index < -0.39 is 0 Å². The maximum atomic E-state index is 13.6. The molecule has 0 saturated carbocycles. The number of likely N-dealkylation sites (tertiary alicyclic amines) is 1. The highest BCUT2D eigenvalue weighted by Crippen LogP contribution is 2.34. The summed E-state index contributed by atoms with van der Waals surface area (Å²) in [6.07, 6.45) is 3.15. The minimum absolute atomic E-state index is 0.0326. The molecule has 0 aliphatic carbocycles. The van der Waals surface area contributed by atoms with E-state index in [9.17, 15) is 9.18 Å². The van der Waals surface area contributed by atoms with Crippen LogP contribution >= 0.6 is 11.3 Å². The Morgan fingerprint density at radius 2 is 1.96 bits per heavy atom. The van der Waals surface area contributed by atoms with E-state index in [-0.39, 0.29) is 23.2 Å². The summed E-state index contributed by atoms with van der Waals surface area (Å²) >= 11 is 1.35. The summed E-state index contributed by atoms with van der Waals surface area (Å²) in [5.74, 6) is 0.371. The van der Waals surface area contributed by atoms with Crippen molar-refractivity contribution in [2.75, 3.05) is 13.1 Å². The van der Waals surface area contributed by atoms with Gasteiger partial charge in [0.15, 0.2) is 0 Å². The molecule has 0 unspecified atom stereocenters. The van der Waals surface area contributed by atoms with Gasteiger partial charge in [0.2, 0.25) is 0 Å². The number of thiophene rings is 1. The van der Waals surface area contributed by atoms with Crippen molar-refractivity contribution in [1.29, 1.82) is 0 Å².